The third-order valence-corrected chi connectivity index (χ3v) is 8.77. The van der Waals surface area contributed by atoms with Crippen LogP contribution in [0.25, 0.3) is 0 Å². The predicted octanol–water partition coefficient (Wildman–Crippen LogP) is 10.2. The van der Waals surface area contributed by atoms with Crippen molar-refractivity contribution >= 4 is 0 Å². The highest BCUT2D eigenvalue weighted by molar-refractivity contribution is 5.19. The molecule has 0 aromatic heterocycles. The van der Waals surface area contributed by atoms with Gasteiger partial charge in [0.25, 0.3) is 0 Å². The molecule has 0 nitrogen and oxygen atoms in total. The first-order valence-electron chi connectivity index (χ1n) is 14.2. The standard InChI is InChI=1S/C30H47F3/c1-2-3-4-5-6-7-8-23-9-11-24(12-10-23)13-14-25-15-17-26(18-16-25)19-20-27-21-28(31)30(33)29(32)22-27/h21-26H,2-20H2,1H3. The van der Waals surface area contributed by atoms with Gasteiger partial charge in [0.15, 0.2) is 17.5 Å². The maximum absolute atomic E-state index is 13.4. The van der Waals surface area contributed by atoms with Crippen molar-refractivity contribution in [2.75, 3.05) is 0 Å². The van der Waals surface area contributed by atoms with E-state index in [4.69, 9.17) is 0 Å². The molecular weight excluding hydrogens is 417 g/mol. The monoisotopic (exact) mass is 464 g/mol. The number of unbranched alkanes of at least 4 members (excludes halogenated alkanes) is 5. The van der Waals surface area contributed by atoms with Gasteiger partial charge in [-0.2, -0.15) is 0 Å². The summed E-state index contributed by atoms with van der Waals surface area (Å²) in [5.41, 5.74) is 0.584. The Morgan fingerprint density at radius 2 is 1.00 bits per heavy atom. The van der Waals surface area contributed by atoms with Gasteiger partial charge in [-0.3, -0.25) is 0 Å². The summed E-state index contributed by atoms with van der Waals surface area (Å²) >= 11 is 0. The minimum atomic E-state index is -1.36. The summed E-state index contributed by atoms with van der Waals surface area (Å²) in [7, 11) is 0. The molecule has 0 radical (unpaired) electrons. The van der Waals surface area contributed by atoms with Crippen molar-refractivity contribution < 1.29 is 13.2 Å². The smallest absolute Gasteiger partial charge is 0.194 e. The molecule has 2 saturated carbocycles. The van der Waals surface area contributed by atoms with E-state index in [1.807, 2.05) is 0 Å². The van der Waals surface area contributed by atoms with Crippen LogP contribution in [0.2, 0.25) is 0 Å². The van der Waals surface area contributed by atoms with Crippen LogP contribution in [0.15, 0.2) is 12.1 Å². The Labute approximate surface area is 201 Å². The molecule has 0 atom stereocenters. The highest BCUT2D eigenvalue weighted by Crippen LogP contribution is 2.38. The van der Waals surface area contributed by atoms with Crippen molar-refractivity contribution in [3.8, 4) is 0 Å². The summed E-state index contributed by atoms with van der Waals surface area (Å²) in [4.78, 5) is 0. The van der Waals surface area contributed by atoms with Crippen molar-refractivity contribution in [3.05, 3.63) is 35.1 Å². The zero-order chi connectivity index (χ0) is 23.5. The number of rotatable bonds is 13. The maximum Gasteiger partial charge on any atom is 0.194 e. The van der Waals surface area contributed by atoms with Crippen molar-refractivity contribution in [3.63, 3.8) is 0 Å². The van der Waals surface area contributed by atoms with Crippen LogP contribution >= 0.6 is 0 Å². The molecule has 0 bridgehead atoms. The Morgan fingerprint density at radius 1 is 0.576 bits per heavy atom. The molecule has 0 spiro atoms. The van der Waals surface area contributed by atoms with E-state index in [0.717, 1.165) is 36.3 Å². The second-order valence-electron chi connectivity index (χ2n) is 11.3. The van der Waals surface area contributed by atoms with E-state index in [0.29, 0.717) is 17.9 Å². The Morgan fingerprint density at radius 3 is 1.52 bits per heavy atom. The van der Waals surface area contributed by atoms with Gasteiger partial charge in [0, 0.05) is 0 Å². The van der Waals surface area contributed by atoms with Gasteiger partial charge in [0.05, 0.1) is 0 Å². The molecule has 1 aromatic rings. The number of benzene rings is 1. The fourth-order valence-corrected chi connectivity index (χ4v) is 6.43. The lowest BCUT2D eigenvalue weighted by Gasteiger charge is -2.32. The summed E-state index contributed by atoms with van der Waals surface area (Å²) in [5, 5.41) is 0. The Balaban J connectivity index is 1.23. The van der Waals surface area contributed by atoms with Crippen LogP contribution in [-0.2, 0) is 6.42 Å². The van der Waals surface area contributed by atoms with Gasteiger partial charge >= 0.3 is 0 Å². The van der Waals surface area contributed by atoms with Crippen molar-refractivity contribution in [1.82, 2.24) is 0 Å². The lowest BCUT2D eigenvalue weighted by Crippen LogP contribution is -2.18. The molecule has 0 heterocycles. The predicted molar refractivity (Wildman–Crippen MR) is 133 cm³/mol. The number of halogens is 3. The van der Waals surface area contributed by atoms with Crippen LogP contribution < -0.4 is 0 Å². The third-order valence-electron chi connectivity index (χ3n) is 8.77. The molecule has 2 aliphatic rings. The molecular formula is C30H47F3. The lowest BCUT2D eigenvalue weighted by molar-refractivity contribution is 0.208. The van der Waals surface area contributed by atoms with Gasteiger partial charge in [-0.15, -0.1) is 0 Å². The largest absolute Gasteiger partial charge is 0.204 e. The van der Waals surface area contributed by atoms with Crippen LogP contribution in [0.3, 0.4) is 0 Å². The molecule has 0 saturated heterocycles. The lowest BCUT2D eigenvalue weighted by atomic mass is 9.74. The molecule has 0 unspecified atom stereocenters. The quantitative estimate of drug-likeness (QED) is 0.201. The first-order valence-corrected chi connectivity index (χ1v) is 14.2. The van der Waals surface area contributed by atoms with E-state index in [-0.39, 0.29) is 0 Å². The van der Waals surface area contributed by atoms with Gasteiger partial charge in [0.1, 0.15) is 0 Å². The molecule has 188 valence electrons. The van der Waals surface area contributed by atoms with E-state index < -0.39 is 17.5 Å². The van der Waals surface area contributed by atoms with E-state index in [2.05, 4.69) is 6.92 Å². The van der Waals surface area contributed by atoms with Crippen LogP contribution in [0.1, 0.15) is 128 Å². The molecule has 3 rings (SSSR count). The van der Waals surface area contributed by atoms with Crippen LogP contribution in [0, 0.1) is 41.1 Å². The van der Waals surface area contributed by atoms with Crippen LogP contribution in [-0.4, -0.2) is 0 Å². The van der Waals surface area contributed by atoms with Gasteiger partial charge in [0.2, 0.25) is 0 Å². The summed E-state index contributed by atoms with van der Waals surface area (Å²) in [6.07, 6.45) is 25.4. The molecule has 33 heavy (non-hydrogen) atoms. The summed E-state index contributed by atoms with van der Waals surface area (Å²) in [6.45, 7) is 2.29. The number of hydrogen-bond donors (Lipinski definition) is 0. The summed E-state index contributed by atoms with van der Waals surface area (Å²) < 4.78 is 39.9. The van der Waals surface area contributed by atoms with E-state index in [9.17, 15) is 13.2 Å². The van der Waals surface area contributed by atoms with Crippen LogP contribution in [0.5, 0.6) is 0 Å². The molecule has 1 aromatic carbocycles. The van der Waals surface area contributed by atoms with Gasteiger partial charge in [-0.05, 0) is 54.2 Å². The maximum atomic E-state index is 13.4. The highest BCUT2D eigenvalue weighted by Gasteiger charge is 2.25. The number of aryl methyl sites for hydroxylation is 1. The van der Waals surface area contributed by atoms with Crippen molar-refractivity contribution in [2.45, 2.75) is 129 Å². The van der Waals surface area contributed by atoms with Gasteiger partial charge < -0.3 is 0 Å². The average Bonchev–Trinajstić information content (AvgIpc) is 2.83. The molecule has 2 aliphatic carbocycles. The van der Waals surface area contributed by atoms with Gasteiger partial charge in [-0.25, -0.2) is 13.2 Å². The van der Waals surface area contributed by atoms with Gasteiger partial charge in [-0.1, -0.05) is 116 Å². The zero-order valence-electron chi connectivity index (χ0n) is 21.0. The average molecular weight is 465 g/mol. The molecule has 0 N–H and O–H groups in total. The Kier molecular flexibility index (Phi) is 11.6. The highest BCUT2D eigenvalue weighted by atomic mass is 19.2. The third kappa shape index (κ3) is 9.29. The second kappa shape index (κ2) is 14.4. The van der Waals surface area contributed by atoms with Crippen molar-refractivity contribution in [2.24, 2.45) is 23.7 Å². The molecule has 0 amide bonds. The first kappa shape index (κ1) is 26.6. The van der Waals surface area contributed by atoms with E-state index in [1.165, 1.54) is 109 Å². The Bertz CT molecular complexity index is 646. The summed E-state index contributed by atoms with van der Waals surface area (Å²) in [6, 6.07) is 2.32. The fourth-order valence-electron chi connectivity index (χ4n) is 6.43. The summed E-state index contributed by atoms with van der Waals surface area (Å²) in [5.74, 6) is 0.0104. The molecule has 0 aliphatic heterocycles. The minimum absolute atomic E-state index is 0.584. The SMILES string of the molecule is CCCCCCCCC1CCC(CCC2CCC(CCc3cc(F)c(F)c(F)c3)CC2)CC1. The normalized spacial score (nSPS) is 25.9. The topological polar surface area (TPSA) is 0 Å². The molecule has 2 fully saturated rings. The van der Waals surface area contributed by atoms with E-state index >= 15 is 0 Å². The second-order valence-corrected chi connectivity index (χ2v) is 11.3. The fraction of sp³-hybridized carbons (Fsp3) is 0.800. The first-order chi connectivity index (χ1) is 16.0. The van der Waals surface area contributed by atoms with Crippen LogP contribution in [0.4, 0.5) is 13.2 Å². The molecule has 3 heteroatoms. The Hall–Kier alpha value is -0.990. The number of hydrogen-bond acceptors (Lipinski definition) is 0. The zero-order valence-corrected chi connectivity index (χ0v) is 21.0. The van der Waals surface area contributed by atoms with E-state index in [1.54, 1.807) is 0 Å². The minimum Gasteiger partial charge on any atom is -0.204 e. The van der Waals surface area contributed by atoms with Crippen molar-refractivity contribution in [1.29, 1.82) is 0 Å².